The Hall–Kier alpha value is -4.71. The van der Waals surface area contributed by atoms with Crippen LogP contribution in [0.25, 0.3) is 5.57 Å². The molecule has 0 saturated carbocycles. The van der Waals surface area contributed by atoms with E-state index in [0.717, 1.165) is 17.7 Å². The van der Waals surface area contributed by atoms with E-state index in [9.17, 15) is 55.3 Å². The van der Waals surface area contributed by atoms with Gasteiger partial charge in [-0.25, -0.2) is 8.78 Å². The number of nitrogens with one attached hydrogen (secondary N) is 2. The van der Waals surface area contributed by atoms with Crippen LogP contribution >= 0.6 is 0 Å². The number of carboxylic acids is 2. The average Bonchev–Trinajstić information content (AvgIpc) is 3.59. The molecule has 0 bridgehead atoms. The minimum atomic E-state index is -5.47. The average molecular weight is 918 g/mol. The van der Waals surface area contributed by atoms with Gasteiger partial charge in [0.05, 0.1) is 38.4 Å². The lowest BCUT2D eigenvalue weighted by atomic mass is 9.97. The maximum absolute atomic E-state index is 13.9. The molecule has 0 unspecified atom stereocenters. The van der Waals surface area contributed by atoms with Gasteiger partial charge in [-0.3, -0.25) is 43.6 Å². The molecular formula is C40H62F3N9O10S. The van der Waals surface area contributed by atoms with E-state index in [2.05, 4.69) is 19.7 Å². The highest BCUT2D eigenvalue weighted by Crippen LogP contribution is 2.40. The van der Waals surface area contributed by atoms with E-state index in [0.29, 0.717) is 90.6 Å². The van der Waals surface area contributed by atoms with Gasteiger partial charge in [-0.05, 0) is 45.0 Å². The normalized spacial score (nSPS) is 16.5. The van der Waals surface area contributed by atoms with Gasteiger partial charge in [0, 0.05) is 108 Å². The van der Waals surface area contributed by atoms with Crippen LogP contribution in [0.15, 0.2) is 18.2 Å². The molecule has 1 aromatic rings. The van der Waals surface area contributed by atoms with Crippen LogP contribution in [0.2, 0.25) is 0 Å². The fourth-order valence-electron chi connectivity index (χ4n) is 7.84. The van der Waals surface area contributed by atoms with Gasteiger partial charge in [0.15, 0.2) is 5.75 Å². The Kier molecular flexibility index (Phi) is 19.3. The molecular weight excluding hydrogens is 856 g/mol. The van der Waals surface area contributed by atoms with Gasteiger partial charge in [-0.15, -0.1) is 0 Å². The highest BCUT2D eigenvalue weighted by Gasteiger charge is 2.40. The van der Waals surface area contributed by atoms with Crippen LogP contribution in [0.3, 0.4) is 0 Å². The van der Waals surface area contributed by atoms with Gasteiger partial charge >= 0.3 is 22.4 Å². The second-order valence-electron chi connectivity index (χ2n) is 16.1. The van der Waals surface area contributed by atoms with Gasteiger partial charge in [-0.1, -0.05) is 23.8 Å². The van der Waals surface area contributed by atoms with E-state index in [1.54, 1.807) is 27.8 Å². The first-order valence-electron chi connectivity index (χ1n) is 21.3. The molecule has 354 valence electrons. The second-order valence-corrected chi connectivity index (χ2v) is 17.0. The van der Waals surface area contributed by atoms with E-state index in [4.69, 9.17) is 0 Å². The summed E-state index contributed by atoms with van der Waals surface area (Å²) in [5, 5.41) is 24.1. The summed E-state index contributed by atoms with van der Waals surface area (Å²) in [7, 11) is -3.73. The lowest BCUT2D eigenvalue weighted by molar-refractivity contribution is -0.140. The number of rotatable bonds is 26. The quantitative estimate of drug-likeness (QED) is 0.0952. The summed E-state index contributed by atoms with van der Waals surface area (Å²) in [5.41, 5.74) is 0.680. The first-order chi connectivity index (χ1) is 29.8. The fraction of sp³-hybridized carbons (Fsp3) is 0.675. The zero-order valence-electron chi connectivity index (χ0n) is 36.3. The third kappa shape index (κ3) is 16.7. The zero-order valence-corrected chi connectivity index (χ0v) is 37.1. The second kappa shape index (κ2) is 23.8. The number of hydrogen-bond donors (Lipinski definition) is 4. The first kappa shape index (κ1) is 50.9. The van der Waals surface area contributed by atoms with Gasteiger partial charge < -0.3 is 39.7 Å². The molecule has 0 aromatic heterocycles. The van der Waals surface area contributed by atoms with E-state index >= 15 is 0 Å². The molecule has 4 N–H and O–H groups in total. The summed E-state index contributed by atoms with van der Waals surface area (Å²) in [6, 6.07) is 2.94. The molecule has 2 saturated heterocycles. The number of carbonyl (C=O) groups is 5. The molecule has 4 rings (SSSR count). The van der Waals surface area contributed by atoms with Gasteiger partial charge in [0.1, 0.15) is 0 Å². The number of halogens is 3. The smallest absolute Gasteiger partial charge is 0.480 e. The van der Waals surface area contributed by atoms with Crippen LogP contribution in [-0.2, 0) is 34.5 Å². The predicted molar refractivity (Wildman–Crippen MR) is 229 cm³/mol. The Morgan fingerprint density at radius 1 is 0.825 bits per heavy atom. The van der Waals surface area contributed by atoms with Crippen LogP contribution in [0.4, 0.5) is 24.0 Å². The maximum atomic E-state index is 13.9. The standard InChI is InChI=1S/C40H62F3N9O10S/c1-4-10-48(15-17-50(28-37(57)58)18-16-49(11-5-2)27-36(55)56)26-35(54)51-21-19-47(20-22-51)13-6-12-46(3)30-23-32-31(7-9-44-38(32)33(24-30)62-63(43,60)61)39(59)45-25-34(53)52-14-8-40(41,42)29-52/h7,23-24,44H,4-6,8-22,25-29H2,1-3H3,(H,45,59)(H,55,56)(H,57,58). The van der Waals surface area contributed by atoms with Crippen LogP contribution in [-0.4, -0.2) is 215 Å². The Morgan fingerprint density at radius 2 is 1.41 bits per heavy atom. The van der Waals surface area contributed by atoms with E-state index < -0.39 is 59.7 Å². The molecule has 3 aliphatic rings. The number of hydrogen-bond acceptors (Lipinski definition) is 14. The zero-order chi connectivity index (χ0) is 46.3. The molecule has 0 atom stereocenters. The summed E-state index contributed by atoms with van der Waals surface area (Å²) in [5.74, 6) is -6.72. The van der Waals surface area contributed by atoms with Crippen molar-refractivity contribution in [2.75, 3.05) is 142 Å². The lowest BCUT2D eigenvalue weighted by Crippen LogP contribution is -2.52. The summed E-state index contributed by atoms with van der Waals surface area (Å²) >= 11 is 0. The SMILES string of the molecule is CCCN(CCN(CCN(CCC)CC(=O)N1CCN(CCCN(C)c2cc(OS(=O)(=O)F)c3c(c2)C(C(=O)NCC(=O)N2CCC(F)(F)C2)=CCN3)CC1)CC(=O)O)CC(=O)O. The first-order valence-corrected chi connectivity index (χ1v) is 22.6. The molecule has 2 fully saturated rings. The van der Waals surface area contributed by atoms with E-state index in [-0.39, 0.29) is 61.2 Å². The van der Waals surface area contributed by atoms with Gasteiger partial charge in [0.2, 0.25) is 11.8 Å². The fourth-order valence-corrected chi connectivity index (χ4v) is 8.19. The van der Waals surface area contributed by atoms with Crippen molar-refractivity contribution in [2.45, 2.75) is 45.5 Å². The lowest BCUT2D eigenvalue weighted by Gasteiger charge is -2.36. The van der Waals surface area contributed by atoms with E-state index in [1.165, 1.54) is 12.1 Å². The number of piperazine rings is 1. The summed E-state index contributed by atoms with van der Waals surface area (Å²) < 4.78 is 69.1. The molecule has 3 heterocycles. The van der Waals surface area contributed by atoms with Crippen molar-refractivity contribution in [3.63, 3.8) is 0 Å². The number of anilines is 2. The van der Waals surface area contributed by atoms with Crippen LogP contribution in [0.5, 0.6) is 5.75 Å². The van der Waals surface area contributed by atoms with Crippen molar-refractivity contribution in [3.8, 4) is 5.75 Å². The highest BCUT2D eigenvalue weighted by molar-refractivity contribution is 7.81. The van der Waals surface area contributed by atoms with E-state index in [1.807, 2.05) is 23.6 Å². The number of amides is 3. The third-order valence-electron chi connectivity index (χ3n) is 11.1. The Bertz CT molecular complexity index is 1900. The van der Waals surface area contributed by atoms with Gasteiger partial charge in [-0.2, -0.15) is 8.42 Å². The van der Waals surface area contributed by atoms with Crippen LogP contribution < -0.4 is 19.7 Å². The number of aliphatic carboxylic acids is 2. The molecule has 0 radical (unpaired) electrons. The van der Waals surface area contributed by atoms with Crippen LogP contribution in [0.1, 0.15) is 45.1 Å². The largest absolute Gasteiger partial charge is 0.488 e. The minimum Gasteiger partial charge on any atom is -0.480 e. The summed E-state index contributed by atoms with van der Waals surface area (Å²) in [6.07, 6.45) is 3.24. The van der Waals surface area contributed by atoms with Crippen molar-refractivity contribution in [1.29, 1.82) is 0 Å². The Morgan fingerprint density at radius 3 is 1.95 bits per heavy atom. The third-order valence-corrected chi connectivity index (χ3v) is 11.5. The number of nitrogens with zero attached hydrogens (tertiary/aromatic N) is 7. The highest BCUT2D eigenvalue weighted by atomic mass is 32.3. The molecule has 0 spiro atoms. The number of alkyl halides is 2. The molecule has 3 aliphatic heterocycles. The van der Waals surface area contributed by atoms with Crippen molar-refractivity contribution >= 4 is 57.1 Å². The summed E-state index contributed by atoms with van der Waals surface area (Å²) in [4.78, 5) is 74.5. The van der Waals surface area contributed by atoms with Crippen molar-refractivity contribution in [1.82, 2.24) is 34.7 Å². The van der Waals surface area contributed by atoms with Crippen molar-refractivity contribution in [3.05, 3.63) is 23.8 Å². The van der Waals surface area contributed by atoms with Gasteiger partial charge in [0.25, 0.3) is 11.8 Å². The Labute approximate surface area is 367 Å². The number of benzene rings is 1. The summed E-state index contributed by atoms with van der Waals surface area (Å²) in [6.45, 7) is 8.76. The Balaban J connectivity index is 1.29. The molecule has 19 nitrogen and oxygen atoms in total. The van der Waals surface area contributed by atoms with Crippen molar-refractivity contribution < 1.29 is 59.5 Å². The number of carboxylic acid groups (broad SMARTS) is 2. The van der Waals surface area contributed by atoms with Crippen LogP contribution in [0, 0.1) is 0 Å². The molecule has 0 aliphatic carbocycles. The number of carbonyl (C=O) groups excluding carboxylic acids is 3. The monoisotopic (exact) mass is 917 g/mol. The molecule has 3 amide bonds. The number of likely N-dealkylation sites (tertiary alicyclic amines) is 1. The molecule has 1 aromatic carbocycles. The molecule has 23 heteroatoms. The van der Waals surface area contributed by atoms with Crippen molar-refractivity contribution in [2.24, 2.45) is 0 Å². The number of fused-ring (bicyclic) bond motifs is 1. The minimum absolute atomic E-state index is 0.0247. The predicted octanol–water partition coefficient (Wildman–Crippen LogP) is 0.938. The maximum Gasteiger partial charge on any atom is 0.488 e. The topological polar surface area (TPSA) is 216 Å². The molecule has 63 heavy (non-hydrogen) atoms.